The van der Waals surface area contributed by atoms with Crippen molar-refractivity contribution >= 4 is 22.5 Å². The Morgan fingerprint density at radius 1 is 1.04 bits per heavy atom. The average Bonchev–Trinajstić information content (AvgIpc) is 3.01. The third-order valence-electron chi connectivity index (χ3n) is 4.77. The summed E-state index contributed by atoms with van der Waals surface area (Å²) in [5, 5.41) is 0.736. The van der Waals surface area contributed by atoms with Crippen LogP contribution in [0, 0.1) is 0 Å². The first kappa shape index (κ1) is 17.2. The minimum absolute atomic E-state index is 0.124. The van der Waals surface area contributed by atoms with E-state index in [0.717, 1.165) is 16.5 Å². The number of aromatic nitrogens is 1. The van der Waals surface area contributed by atoms with Gasteiger partial charge in [-0.25, -0.2) is 0 Å². The van der Waals surface area contributed by atoms with Crippen LogP contribution in [0.3, 0.4) is 0 Å². The lowest BCUT2D eigenvalue weighted by Crippen LogP contribution is -2.19. The molecule has 0 atom stereocenters. The van der Waals surface area contributed by atoms with E-state index in [1.165, 1.54) is 6.08 Å². The molecule has 0 N–H and O–H groups in total. The Morgan fingerprint density at radius 2 is 1.81 bits per heavy atom. The van der Waals surface area contributed by atoms with Gasteiger partial charge in [0.2, 0.25) is 5.78 Å². The molecule has 0 spiro atoms. The van der Waals surface area contributed by atoms with Crippen molar-refractivity contribution in [3.8, 4) is 5.75 Å². The standard InChI is InChI=1S/C22H19NO4/c1-14-10-19(24)21-20(22(14)25)17-9-8-16(26-2)11-18(17)23(21)13-27-12-15-6-4-3-5-7-15/h3-11H,12-13H2,1-2H3. The SMILES string of the molecule is COc1ccc2c3c(n(COCc4ccccc4)c2c1)C(=O)C=C(C)C3=O. The van der Waals surface area contributed by atoms with Gasteiger partial charge in [0, 0.05) is 17.0 Å². The number of carbonyl (C=O) groups is 2. The number of carbonyl (C=O) groups excluding carboxylic acids is 2. The highest BCUT2D eigenvalue weighted by molar-refractivity contribution is 6.29. The third-order valence-corrected chi connectivity index (χ3v) is 4.77. The van der Waals surface area contributed by atoms with Crippen LogP contribution in [-0.4, -0.2) is 23.2 Å². The fourth-order valence-electron chi connectivity index (χ4n) is 3.43. The molecule has 1 aliphatic carbocycles. The predicted octanol–water partition coefficient (Wildman–Crippen LogP) is 4.15. The van der Waals surface area contributed by atoms with Gasteiger partial charge in [-0.15, -0.1) is 0 Å². The van der Waals surface area contributed by atoms with Crippen LogP contribution in [0.25, 0.3) is 10.9 Å². The molecule has 0 radical (unpaired) electrons. The van der Waals surface area contributed by atoms with E-state index in [9.17, 15) is 9.59 Å². The maximum atomic E-state index is 12.7. The Labute approximate surface area is 156 Å². The number of benzene rings is 2. The summed E-state index contributed by atoms with van der Waals surface area (Å²) >= 11 is 0. The lowest BCUT2D eigenvalue weighted by molar-refractivity contribution is 0.0638. The zero-order valence-electron chi connectivity index (χ0n) is 15.2. The Balaban J connectivity index is 1.78. The Bertz CT molecular complexity index is 1080. The number of Topliss-reactive ketones (excluding diaryl/α,β-unsaturated/α-hetero) is 1. The van der Waals surface area contributed by atoms with E-state index in [1.54, 1.807) is 24.7 Å². The second-order valence-corrected chi connectivity index (χ2v) is 6.52. The van der Waals surface area contributed by atoms with Crippen molar-refractivity contribution in [3.05, 3.63) is 77.0 Å². The van der Waals surface area contributed by atoms with Gasteiger partial charge in [0.25, 0.3) is 0 Å². The summed E-state index contributed by atoms with van der Waals surface area (Å²) in [7, 11) is 1.59. The highest BCUT2D eigenvalue weighted by Crippen LogP contribution is 2.34. The molecular weight excluding hydrogens is 342 g/mol. The lowest BCUT2D eigenvalue weighted by Gasteiger charge is -2.14. The molecule has 0 fully saturated rings. The highest BCUT2D eigenvalue weighted by atomic mass is 16.5. The van der Waals surface area contributed by atoms with Crippen LogP contribution in [0.15, 0.2) is 60.2 Å². The summed E-state index contributed by atoms with van der Waals surface area (Å²) < 4.78 is 12.9. The molecule has 1 aromatic heterocycles. The van der Waals surface area contributed by atoms with Crippen molar-refractivity contribution in [1.82, 2.24) is 4.57 Å². The third kappa shape index (κ3) is 2.96. The van der Waals surface area contributed by atoms with Crippen LogP contribution in [0.5, 0.6) is 5.75 Å². The van der Waals surface area contributed by atoms with Crippen molar-refractivity contribution in [2.75, 3.05) is 7.11 Å². The zero-order chi connectivity index (χ0) is 19.0. The van der Waals surface area contributed by atoms with Crippen LogP contribution in [0.1, 0.15) is 33.3 Å². The average molecular weight is 361 g/mol. The number of hydrogen-bond donors (Lipinski definition) is 0. The van der Waals surface area contributed by atoms with Crippen molar-refractivity contribution in [1.29, 1.82) is 0 Å². The first-order valence-electron chi connectivity index (χ1n) is 8.69. The summed E-state index contributed by atoms with van der Waals surface area (Å²) in [4.78, 5) is 25.4. The highest BCUT2D eigenvalue weighted by Gasteiger charge is 2.31. The second-order valence-electron chi connectivity index (χ2n) is 6.52. The summed E-state index contributed by atoms with van der Waals surface area (Å²) in [6.07, 6.45) is 1.40. The van der Waals surface area contributed by atoms with Gasteiger partial charge in [-0.2, -0.15) is 0 Å². The maximum absolute atomic E-state index is 12.7. The van der Waals surface area contributed by atoms with Gasteiger partial charge in [-0.1, -0.05) is 30.3 Å². The number of hydrogen-bond acceptors (Lipinski definition) is 4. The largest absolute Gasteiger partial charge is 0.497 e. The van der Waals surface area contributed by atoms with E-state index in [-0.39, 0.29) is 18.3 Å². The molecule has 3 aromatic rings. The van der Waals surface area contributed by atoms with Crippen LogP contribution >= 0.6 is 0 Å². The quantitative estimate of drug-likeness (QED) is 0.685. The molecule has 0 bridgehead atoms. The number of ether oxygens (including phenoxy) is 2. The monoisotopic (exact) mass is 361 g/mol. The number of allylic oxidation sites excluding steroid dienone is 2. The molecular formula is C22H19NO4. The van der Waals surface area contributed by atoms with Crippen LogP contribution in [0.4, 0.5) is 0 Å². The topological polar surface area (TPSA) is 57.5 Å². The van der Waals surface area contributed by atoms with Gasteiger partial charge in [0.05, 0.1) is 24.8 Å². The fourth-order valence-corrected chi connectivity index (χ4v) is 3.43. The molecule has 5 heteroatoms. The van der Waals surface area contributed by atoms with Gasteiger partial charge < -0.3 is 14.0 Å². The summed E-state index contributed by atoms with van der Waals surface area (Å²) in [5.74, 6) is 0.355. The molecule has 1 aliphatic rings. The maximum Gasteiger partial charge on any atom is 0.203 e. The van der Waals surface area contributed by atoms with Gasteiger partial charge >= 0.3 is 0 Å². The van der Waals surface area contributed by atoms with E-state index in [2.05, 4.69) is 0 Å². The smallest absolute Gasteiger partial charge is 0.203 e. The molecule has 1 heterocycles. The molecule has 2 aromatic carbocycles. The predicted molar refractivity (Wildman–Crippen MR) is 102 cm³/mol. The Kier molecular flexibility index (Phi) is 4.38. The number of methoxy groups -OCH3 is 1. The van der Waals surface area contributed by atoms with Gasteiger partial charge in [-0.3, -0.25) is 9.59 Å². The lowest BCUT2D eigenvalue weighted by atomic mass is 9.93. The van der Waals surface area contributed by atoms with Crippen LogP contribution in [-0.2, 0) is 18.1 Å². The molecule has 0 unspecified atom stereocenters. The van der Waals surface area contributed by atoms with E-state index >= 15 is 0 Å². The summed E-state index contributed by atoms with van der Waals surface area (Å²) in [6.45, 7) is 2.25. The molecule has 0 saturated carbocycles. The molecule has 27 heavy (non-hydrogen) atoms. The second kappa shape index (κ2) is 6.85. The number of rotatable bonds is 5. The van der Waals surface area contributed by atoms with Crippen molar-refractivity contribution in [2.24, 2.45) is 0 Å². The summed E-state index contributed by atoms with van der Waals surface area (Å²) in [5.41, 5.74) is 3.06. The number of ketones is 2. The Morgan fingerprint density at radius 3 is 2.56 bits per heavy atom. The zero-order valence-corrected chi connectivity index (χ0v) is 15.2. The molecule has 136 valence electrons. The van der Waals surface area contributed by atoms with Crippen LogP contribution in [0.2, 0.25) is 0 Å². The van der Waals surface area contributed by atoms with Gasteiger partial charge in [0.1, 0.15) is 18.2 Å². The summed E-state index contributed by atoms with van der Waals surface area (Å²) in [6, 6.07) is 15.3. The minimum atomic E-state index is -0.180. The molecule has 0 amide bonds. The first-order chi connectivity index (χ1) is 13.1. The van der Waals surface area contributed by atoms with Gasteiger partial charge in [0.15, 0.2) is 5.78 Å². The molecule has 4 rings (SSSR count). The van der Waals surface area contributed by atoms with E-state index in [1.807, 2.05) is 42.5 Å². The van der Waals surface area contributed by atoms with E-state index in [4.69, 9.17) is 9.47 Å². The van der Waals surface area contributed by atoms with Crippen LogP contribution < -0.4 is 4.74 Å². The number of fused-ring (bicyclic) bond motifs is 3. The van der Waals surface area contributed by atoms with Gasteiger partial charge in [-0.05, 0) is 30.7 Å². The van der Waals surface area contributed by atoms with Crippen molar-refractivity contribution < 1.29 is 19.1 Å². The minimum Gasteiger partial charge on any atom is -0.497 e. The Hall–Kier alpha value is -3.18. The van der Waals surface area contributed by atoms with E-state index < -0.39 is 0 Å². The first-order valence-corrected chi connectivity index (χ1v) is 8.69. The normalized spacial score (nSPS) is 13.6. The van der Waals surface area contributed by atoms with E-state index in [0.29, 0.717) is 29.2 Å². The fraction of sp³-hybridized carbons (Fsp3) is 0.182. The molecule has 5 nitrogen and oxygen atoms in total. The molecule has 0 aliphatic heterocycles. The van der Waals surface area contributed by atoms with Crippen molar-refractivity contribution in [2.45, 2.75) is 20.3 Å². The number of nitrogens with zero attached hydrogens (tertiary/aromatic N) is 1. The molecule has 0 saturated heterocycles. The van der Waals surface area contributed by atoms with Crippen molar-refractivity contribution in [3.63, 3.8) is 0 Å².